The maximum absolute atomic E-state index is 12.3. The molecule has 25 heavy (non-hydrogen) atoms. The van der Waals surface area contributed by atoms with E-state index in [1.54, 1.807) is 19.1 Å². The number of pyridine rings is 1. The smallest absolute Gasteiger partial charge is 0.276 e. The average molecular weight is 339 g/mol. The summed E-state index contributed by atoms with van der Waals surface area (Å²) in [7, 11) is 0. The predicted octanol–water partition coefficient (Wildman–Crippen LogP) is 3.11. The number of benzene rings is 1. The summed E-state index contributed by atoms with van der Waals surface area (Å²) in [4.78, 5) is 27.4. The Kier molecular flexibility index (Phi) is 4.22. The molecule has 0 saturated carbocycles. The summed E-state index contributed by atoms with van der Waals surface area (Å²) >= 11 is 0. The van der Waals surface area contributed by atoms with Crippen LogP contribution in [0.1, 0.15) is 22.5 Å². The normalized spacial score (nSPS) is 10.8. The largest absolute Gasteiger partial charge is 0.486 e. The summed E-state index contributed by atoms with van der Waals surface area (Å²) in [6.07, 6.45) is 0. The quantitative estimate of drug-likeness (QED) is 0.538. The van der Waals surface area contributed by atoms with E-state index in [1.165, 1.54) is 16.5 Å². The van der Waals surface area contributed by atoms with Gasteiger partial charge in [-0.05, 0) is 44.5 Å². The highest BCUT2D eigenvalue weighted by Gasteiger charge is 2.17. The Labute approximate surface area is 143 Å². The number of rotatable bonds is 4. The lowest BCUT2D eigenvalue weighted by Crippen LogP contribution is -2.18. The Morgan fingerprint density at radius 3 is 2.68 bits per heavy atom. The third-order valence-electron chi connectivity index (χ3n) is 4.07. The summed E-state index contributed by atoms with van der Waals surface area (Å²) in [6, 6.07) is 9.94. The van der Waals surface area contributed by atoms with Gasteiger partial charge in [-0.15, -0.1) is 0 Å². The van der Waals surface area contributed by atoms with Crippen molar-refractivity contribution in [1.82, 2.24) is 9.38 Å². The highest BCUT2D eigenvalue weighted by molar-refractivity contribution is 5.52. The fraction of sp³-hybridized carbons (Fsp3) is 0.222. The Hall–Kier alpha value is -3.22. The second kappa shape index (κ2) is 6.35. The van der Waals surface area contributed by atoms with Crippen LogP contribution in [0, 0.1) is 30.9 Å². The van der Waals surface area contributed by atoms with E-state index in [0.717, 1.165) is 11.3 Å². The summed E-state index contributed by atoms with van der Waals surface area (Å²) in [6.45, 7) is 5.36. The molecule has 0 aliphatic heterocycles. The first-order valence-corrected chi connectivity index (χ1v) is 7.74. The molecule has 3 rings (SSSR count). The van der Waals surface area contributed by atoms with Gasteiger partial charge in [0.05, 0.1) is 16.2 Å². The van der Waals surface area contributed by atoms with Gasteiger partial charge in [-0.25, -0.2) is 4.98 Å². The van der Waals surface area contributed by atoms with E-state index in [-0.39, 0.29) is 17.9 Å². The van der Waals surface area contributed by atoms with Crippen LogP contribution in [0.25, 0.3) is 5.65 Å². The minimum absolute atomic E-state index is 0.00256. The van der Waals surface area contributed by atoms with E-state index in [1.807, 2.05) is 26.0 Å². The number of aryl methyl sites for hydroxylation is 2. The van der Waals surface area contributed by atoms with Gasteiger partial charge in [0.1, 0.15) is 18.0 Å². The highest BCUT2D eigenvalue weighted by Crippen LogP contribution is 2.31. The Bertz CT molecular complexity index is 1040. The fourth-order valence-electron chi connectivity index (χ4n) is 2.82. The molecule has 0 N–H and O–H groups in total. The van der Waals surface area contributed by atoms with E-state index in [2.05, 4.69) is 4.98 Å². The fourth-order valence-corrected chi connectivity index (χ4v) is 2.82. The van der Waals surface area contributed by atoms with Crippen LogP contribution in [0.4, 0.5) is 5.69 Å². The van der Waals surface area contributed by atoms with Crippen LogP contribution in [-0.2, 0) is 6.61 Å². The van der Waals surface area contributed by atoms with Gasteiger partial charge >= 0.3 is 0 Å². The van der Waals surface area contributed by atoms with Crippen molar-refractivity contribution in [3.8, 4) is 5.75 Å². The van der Waals surface area contributed by atoms with Crippen LogP contribution in [0.3, 0.4) is 0 Å². The Morgan fingerprint density at radius 1 is 1.20 bits per heavy atom. The molecule has 0 unspecified atom stereocenters. The van der Waals surface area contributed by atoms with Gasteiger partial charge in [-0.2, -0.15) is 0 Å². The first-order chi connectivity index (χ1) is 11.9. The first-order valence-electron chi connectivity index (χ1n) is 7.74. The third kappa shape index (κ3) is 3.08. The SMILES string of the molecule is Cc1ccc([N+](=O)[O-])c(C)c1OCc1cc(=O)n2c(C)cccc2n1. The van der Waals surface area contributed by atoms with Crippen molar-refractivity contribution >= 4 is 11.3 Å². The Balaban J connectivity index is 1.95. The van der Waals surface area contributed by atoms with Crippen molar-refractivity contribution in [3.63, 3.8) is 0 Å². The van der Waals surface area contributed by atoms with Crippen LogP contribution in [0.2, 0.25) is 0 Å². The van der Waals surface area contributed by atoms with Crippen molar-refractivity contribution in [3.05, 3.63) is 79.4 Å². The summed E-state index contributed by atoms with van der Waals surface area (Å²) in [5, 5.41) is 11.1. The van der Waals surface area contributed by atoms with E-state index in [9.17, 15) is 14.9 Å². The van der Waals surface area contributed by atoms with Gasteiger partial charge in [0, 0.05) is 17.8 Å². The third-order valence-corrected chi connectivity index (χ3v) is 4.07. The van der Waals surface area contributed by atoms with E-state index >= 15 is 0 Å². The zero-order chi connectivity index (χ0) is 18.1. The molecular weight excluding hydrogens is 322 g/mol. The van der Waals surface area contributed by atoms with Crippen LogP contribution in [0.15, 0.2) is 41.2 Å². The van der Waals surface area contributed by atoms with Crippen molar-refractivity contribution in [2.24, 2.45) is 0 Å². The minimum atomic E-state index is -0.439. The van der Waals surface area contributed by atoms with Gasteiger partial charge in [0.2, 0.25) is 0 Å². The molecule has 0 radical (unpaired) electrons. The molecule has 2 heterocycles. The molecule has 7 nitrogen and oxygen atoms in total. The van der Waals surface area contributed by atoms with Crippen LogP contribution in [-0.4, -0.2) is 14.3 Å². The number of hydrogen-bond donors (Lipinski definition) is 0. The number of nitrogens with zero attached hydrogens (tertiary/aromatic N) is 3. The van der Waals surface area contributed by atoms with Crippen LogP contribution < -0.4 is 10.3 Å². The molecule has 0 spiro atoms. The highest BCUT2D eigenvalue weighted by atomic mass is 16.6. The second-order valence-electron chi connectivity index (χ2n) is 5.85. The standard InChI is InChI=1S/C18H17N3O4/c1-11-7-8-15(21(23)24)13(3)18(11)25-10-14-9-17(22)20-12(2)5-4-6-16(20)19-14/h4-9H,10H2,1-3H3. The van der Waals surface area contributed by atoms with Crippen molar-refractivity contribution in [2.45, 2.75) is 27.4 Å². The van der Waals surface area contributed by atoms with Crippen molar-refractivity contribution in [1.29, 1.82) is 0 Å². The number of hydrogen-bond acceptors (Lipinski definition) is 5. The lowest BCUT2D eigenvalue weighted by Gasteiger charge is -2.12. The molecular formula is C18H17N3O4. The number of aromatic nitrogens is 2. The molecule has 7 heteroatoms. The second-order valence-corrected chi connectivity index (χ2v) is 5.85. The summed E-state index contributed by atoms with van der Waals surface area (Å²) in [5.74, 6) is 0.445. The van der Waals surface area contributed by atoms with Crippen molar-refractivity contribution < 1.29 is 9.66 Å². The molecule has 0 atom stereocenters. The molecule has 0 fully saturated rings. The average Bonchev–Trinajstić information content (AvgIpc) is 2.54. The molecule has 0 amide bonds. The summed E-state index contributed by atoms with van der Waals surface area (Å²) < 4.78 is 7.28. The molecule has 3 aromatic rings. The lowest BCUT2D eigenvalue weighted by atomic mass is 10.1. The zero-order valence-electron chi connectivity index (χ0n) is 14.1. The lowest BCUT2D eigenvalue weighted by molar-refractivity contribution is -0.385. The van der Waals surface area contributed by atoms with Gasteiger partial charge in [-0.3, -0.25) is 19.3 Å². The molecule has 2 aromatic heterocycles. The monoisotopic (exact) mass is 339 g/mol. The van der Waals surface area contributed by atoms with E-state index in [4.69, 9.17) is 4.74 Å². The van der Waals surface area contributed by atoms with Crippen LogP contribution in [0.5, 0.6) is 5.75 Å². The van der Waals surface area contributed by atoms with Crippen molar-refractivity contribution in [2.75, 3.05) is 0 Å². The number of fused-ring (bicyclic) bond motifs is 1. The van der Waals surface area contributed by atoms with Gasteiger partial charge < -0.3 is 4.74 Å². The number of ether oxygens (including phenoxy) is 1. The van der Waals surface area contributed by atoms with Gasteiger partial charge in [-0.1, -0.05) is 6.07 Å². The first kappa shape index (κ1) is 16.6. The van der Waals surface area contributed by atoms with Gasteiger partial charge in [0.25, 0.3) is 11.2 Å². The maximum atomic E-state index is 12.3. The number of nitro benzene ring substituents is 1. The summed E-state index contributed by atoms with van der Waals surface area (Å²) in [5.41, 5.74) is 2.87. The molecule has 0 aliphatic carbocycles. The maximum Gasteiger partial charge on any atom is 0.276 e. The predicted molar refractivity (Wildman–Crippen MR) is 93.1 cm³/mol. The van der Waals surface area contributed by atoms with Gasteiger partial charge in [0.15, 0.2) is 0 Å². The molecule has 128 valence electrons. The topological polar surface area (TPSA) is 86.7 Å². The Morgan fingerprint density at radius 2 is 1.96 bits per heavy atom. The van der Waals surface area contributed by atoms with E-state index in [0.29, 0.717) is 22.7 Å². The van der Waals surface area contributed by atoms with E-state index < -0.39 is 4.92 Å². The minimum Gasteiger partial charge on any atom is -0.486 e. The zero-order valence-corrected chi connectivity index (χ0v) is 14.1. The molecule has 0 saturated heterocycles. The molecule has 0 bridgehead atoms. The number of nitro groups is 1. The molecule has 0 aliphatic rings. The van der Waals surface area contributed by atoms with Crippen LogP contribution >= 0.6 is 0 Å². The molecule has 1 aromatic carbocycles.